The lowest BCUT2D eigenvalue weighted by molar-refractivity contribution is -0.322. The summed E-state index contributed by atoms with van der Waals surface area (Å²) >= 11 is 0. The van der Waals surface area contributed by atoms with Crippen molar-refractivity contribution in [3.63, 3.8) is 0 Å². The molecule has 0 aromatic heterocycles. The minimum Gasteiger partial charge on any atom is -0.394 e. The second kappa shape index (κ2) is 8.45. The molecule has 132 valence electrons. The number of aliphatic hydroxyl groups excluding tert-OH is 8. The second-order valence-corrected chi connectivity index (χ2v) is 5.28. The number of aliphatic hydroxyl groups is 8. The zero-order valence-electron chi connectivity index (χ0n) is 12.0. The first-order valence-electron chi connectivity index (χ1n) is 6.85. The van der Waals surface area contributed by atoms with Crippen LogP contribution in [0.15, 0.2) is 0 Å². The lowest BCUT2D eigenvalue weighted by Gasteiger charge is -2.41. The van der Waals surface area contributed by atoms with Crippen LogP contribution < -0.4 is 0 Å². The van der Waals surface area contributed by atoms with Gasteiger partial charge in [-0.2, -0.15) is 0 Å². The molecular formula is C12H24O10. The van der Waals surface area contributed by atoms with Gasteiger partial charge in [0.2, 0.25) is 0 Å². The Morgan fingerprint density at radius 3 is 2.00 bits per heavy atom. The van der Waals surface area contributed by atoms with Crippen LogP contribution in [0.5, 0.6) is 0 Å². The molecular weight excluding hydrogens is 304 g/mol. The van der Waals surface area contributed by atoms with Crippen molar-refractivity contribution in [3.05, 3.63) is 0 Å². The Morgan fingerprint density at radius 2 is 1.55 bits per heavy atom. The molecule has 0 aromatic rings. The van der Waals surface area contributed by atoms with Crippen molar-refractivity contribution < 1.29 is 50.3 Å². The molecule has 0 bridgehead atoms. The van der Waals surface area contributed by atoms with Gasteiger partial charge in [-0.25, -0.2) is 0 Å². The quantitative estimate of drug-likeness (QED) is 0.226. The Labute approximate surface area is 126 Å². The van der Waals surface area contributed by atoms with Crippen LogP contribution in [0.3, 0.4) is 0 Å². The standard InChI is InChI=1S/C12H24O10/c1-4(15)7(16)8(17)5(2-13)21-12-11(20)10(19)9(18)6(3-14)22-12/h4-20H,2-3H2,1H3/t4-,5-,6-,7-,8-,9+,10+,11-,12+/m1/s1. The summed E-state index contributed by atoms with van der Waals surface area (Å²) in [4.78, 5) is 0. The fourth-order valence-electron chi connectivity index (χ4n) is 2.09. The molecule has 0 spiro atoms. The van der Waals surface area contributed by atoms with Crippen molar-refractivity contribution >= 4 is 0 Å². The topological polar surface area (TPSA) is 180 Å². The highest BCUT2D eigenvalue weighted by Gasteiger charge is 2.45. The molecule has 0 aromatic carbocycles. The summed E-state index contributed by atoms with van der Waals surface area (Å²) in [5.41, 5.74) is 0. The lowest BCUT2D eigenvalue weighted by Crippen LogP contribution is -2.61. The third-order valence-electron chi connectivity index (χ3n) is 3.56. The normalized spacial score (nSPS) is 38.3. The van der Waals surface area contributed by atoms with Crippen LogP contribution in [0.25, 0.3) is 0 Å². The molecule has 22 heavy (non-hydrogen) atoms. The maximum atomic E-state index is 9.81. The van der Waals surface area contributed by atoms with Crippen molar-refractivity contribution in [3.8, 4) is 0 Å². The average molecular weight is 328 g/mol. The summed E-state index contributed by atoms with van der Waals surface area (Å²) in [6.07, 6.45) is -13.8. The first-order chi connectivity index (χ1) is 10.2. The Morgan fingerprint density at radius 1 is 0.955 bits per heavy atom. The molecule has 9 atom stereocenters. The third-order valence-corrected chi connectivity index (χ3v) is 3.56. The van der Waals surface area contributed by atoms with Crippen molar-refractivity contribution in [2.75, 3.05) is 13.2 Å². The first kappa shape index (κ1) is 19.6. The van der Waals surface area contributed by atoms with Crippen LogP contribution in [0.4, 0.5) is 0 Å². The van der Waals surface area contributed by atoms with Gasteiger partial charge in [-0.15, -0.1) is 0 Å². The third kappa shape index (κ3) is 4.32. The summed E-state index contributed by atoms with van der Waals surface area (Å²) in [5, 5.41) is 75.8. The molecule has 0 amide bonds. The zero-order chi connectivity index (χ0) is 17.0. The molecule has 8 N–H and O–H groups in total. The van der Waals surface area contributed by atoms with Crippen LogP contribution in [-0.2, 0) is 9.47 Å². The maximum absolute atomic E-state index is 9.81. The summed E-state index contributed by atoms with van der Waals surface area (Å²) < 4.78 is 10.2. The molecule has 1 aliphatic heterocycles. The molecule has 10 nitrogen and oxygen atoms in total. The number of hydrogen-bond donors (Lipinski definition) is 8. The fraction of sp³-hybridized carbons (Fsp3) is 1.00. The smallest absolute Gasteiger partial charge is 0.187 e. The molecule has 1 aliphatic rings. The van der Waals surface area contributed by atoms with E-state index in [1.165, 1.54) is 6.92 Å². The van der Waals surface area contributed by atoms with Crippen LogP contribution >= 0.6 is 0 Å². The van der Waals surface area contributed by atoms with E-state index in [1.54, 1.807) is 0 Å². The minimum absolute atomic E-state index is 0.659. The van der Waals surface area contributed by atoms with E-state index in [-0.39, 0.29) is 0 Å². The highest BCUT2D eigenvalue weighted by molar-refractivity contribution is 4.90. The van der Waals surface area contributed by atoms with Gasteiger partial charge in [0, 0.05) is 0 Å². The van der Waals surface area contributed by atoms with E-state index >= 15 is 0 Å². The summed E-state index contributed by atoms with van der Waals surface area (Å²) in [5.74, 6) is 0. The van der Waals surface area contributed by atoms with Gasteiger partial charge in [0.05, 0.1) is 19.3 Å². The predicted molar refractivity (Wildman–Crippen MR) is 69.4 cm³/mol. The van der Waals surface area contributed by atoms with Crippen molar-refractivity contribution in [1.82, 2.24) is 0 Å². The Bertz CT molecular complexity index is 325. The monoisotopic (exact) mass is 328 g/mol. The molecule has 0 radical (unpaired) electrons. The van der Waals surface area contributed by atoms with Gasteiger partial charge >= 0.3 is 0 Å². The van der Waals surface area contributed by atoms with Crippen LogP contribution in [0, 0.1) is 0 Å². The molecule has 1 saturated heterocycles. The van der Waals surface area contributed by atoms with Gasteiger partial charge in [-0.3, -0.25) is 0 Å². The second-order valence-electron chi connectivity index (χ2n) is 5.28. The largest absolute Gasteiger partial charge is 0.394 e. The van der Waals surface area contributed by atoms with Crippen molar-refractivity contribution in [1.29, 1.82) is 0 Å². The fourth-order valence-corrected chi connectivity index (χ4v) is 2.09. The molecule has 1 heterocycles. The van der Waals surface area contributed by atoms with Gasteiger partial charge in [0.1, 0.15) is 42.7 Å². The Kier molecular flexibility index (Phi) is 7.55. The van der Waals surface area contributed by atoms with E-state index in [0.717, 1.165) is 0 Å². The highest BCUT2D eigenvalue weighted by atomic mass is 16.7. The van der Waals surface area contributed by atoms with E-state index in [1.807, 2.05) is 0 Å². The molecule has 1 rings (SSSR count). The van der Waals surface area contributed by atoms with E-state index in [4.69, 9.17) is 14.6 Å². The zero-order valence-corrected chi connectivity index (χ0v) is 12.0. The molecule has 0 aliphatic carbocycles. The Hall–Kier alpha value is -0.400. The number of ether oxygens (including phenoxy) is 2. The molecule has 0 saturated carbocycles. The summed E-state index contributed by atoms with van der Waals surface area (Å²) in [6, 6.07) is 0. The molecule has 1 fully saturated rings. The lowest BCUT2D eigenvalue weighted by atomic mass is 9.99. The SMILES string of the molecule is C[C@@H](O)[C@@H](O)[C@H](O)[C@@H](CO)O[C@H]1O[C@H](CO)[C@H](O)[C@H](O)[C@H]1O. The van der Waals surface area contributed by atoms with Gasteiger partial charge in [-0.05, 0) is 6.92 Å². The van der Waals surface area contributed by atoms with E-state index in [2.05, 4.69) is 0 Å². The molecule has 10 heteroatoms. The Balaban J connectivity index is 2.76. The first-order valence-corrected chi connectivity index (χ1v) is 6.85. The predicted octanol–water partition coefficient (Wildman–Crippen LogP) is -4.73. The summed E-state index contributed by atoms with van der Waals surface area (Å²) in [6.45, 7) is -0.219. The van der Waals surface area contributed by atoms with E-state index in [9.17, 15) is 35.7 Å². The van der Waals surface area contributed by atoms with Crippen molar-refractivity contribution in [2.24, 2.45) is 0 Å². The van der Waals surface area contributed by atoms with Crippen LogP contribution in [0.1, 0.15) is 6.92 Å². The van der Waals surface area contributed by atoms with Crippen LogP contribution in [-0.4, -0.2) is 109 Å². The summed E-state index contributed by atoms with van der Waals surface area (Å²) in [7, 11) is 0. The van der Waals surface area contributed by atoms with Gasteiger partial charge < -0.3 is 50.3 Å². The van der Waals surface area contributed by atoms with Crippen molar-refractivity contribution in [2.45, 2.75) is 62.0 Å². The van der Waals surface area contributed by atoms with E-state index in [0.29, 0.717) is 0 Å². The van der Waals surface area contributed by atoms with Gasteiger partial charge in [0.15, 0.2) is 6.29 Å². The van der Waals surface area contributed by atoms with E-state index < -0.39 is 68.3 Å². The van der Waals surface area contributed by atoms with Crippen LogP contribution in [0.2, 0.25) is 0 Å². The molecule has 0 unspecified atom stereocenters. The highest BCUT2D eigenvalue weighted by Crippen LogP contribution is 2.24. The minimum atomic E-state index is -1.71. The maximum Gasteiger partial charge on any atom is 0.187 e. The number of hydrogen-bond acceptors (Lipinski definition) is 10. The average Bonchev–Trinajstić information content (AvgIpc) is 2.50. The van der Waals surface area contributed by atoms with Gasteiger partial charge in [0.25, 0.3) is 0 Å². The number of rotatable bonds is 7. The van der Waals surface area contributed by atoms with Gasteiger partial charge in [-0.1, -0.05) is 0 Å².